The summed E-state index contributed by atoms with van der Waals surface area (Å²) in [4.78, 5) is 10.8. The first-order valence-electron chi connectivity index (χ1n) is 7.48. The number of ether oxygens (including phenoxy) is 1. The van der Waals surface area contributed by atoms with Gasteiger partial charge in [-0.25, -0.2) is 0 Å². The van der Waals surface area contributed by atoms with Crippen molar-refractivity contribution in [2.75, 3.05) is 0 Å². The fraction of sp³-hybridized carbons (Fsp3) is 0.316. The summed E-state index contributed by atoms with van der Waals surface area (Å²) >= 11 is 0. The van der Waals surface area contributed by atoms with Gasteiger partial charge in [-0.05, 0) is 68.1 Å². The van der Waals surface area contributed by atoms with Crippen molar-refractivity contribution >= 4 is 6.29 Å². The number of carbonyl (C=O) groups excluding carboxylic acids is 1. The number of carbonyl (C=O) groups is 1. The van der Waals surface area contributed by atoms with E-state index in [1.54, 1.807) is 12.1 Å². The number of phenols is 1. The highest BCUT2D eigenvalue weighted by molar-refractivity contribution is 5.76. The number of hydrogen-bond donors (Lipinski definition) is 1. The molecule has 0 bridgehead atoms. The van der Waals surface area contributed by atoms with Crippen LogP contribution in [0.1, 0.15) is 48.7 Å². The second-order valence-electron chi connectivity index (χ2n) is 6.09. The summed E-state index contributed by atoms with van der Waals surface area (Å²) < 4.78 is 5.93. The highest BCUT2D eigenvalue weighted by Gasteiger charge is 2.16. The first kappa shape index (κ1) is 16.1. The standard InChI is InChI=1S/C19H22O3/c1-4-19(2,3)22-18-7-5-14(6-8-18)9-15-10-16(13-20)12-17(21)11-15/h5-8,10-13,21H,4,9H2,1-3H3. The van der Waals surface area contributed by atoms with Crippen LogP contribution in [0.4, 0.5) is 0 Å². The highest BCUT2D eigenvalue weighted by Crippen LogP contribution is 2.23. The third-order valence-electron chi connectivity index (χ3n) is 3.71. The van der Waals surface area contributed by atoms with Crippen molar-refractivity contribution in [1.29, 1.82) is 0 Å². The number of phenolic OH excluding ortho intramolecular Hbond substituents is 1. The van der Waals surface area contributed by atoms with Crippen molar-refractivity contribution in [3.63, 3.8) is 0 Å². The summed E-state index contributed by atoms with van der Waals surface area (Å²) in [5.74, 6) is 0.962. The molecule has 0 aliphatic rings. The lowest BCUT2D eigenvalue weighted by Gasteiger charge is -2.24. The molecule has 0 aromatic heterocycles. The Morgan fingerprint density at radius 2 is 1.77 bits per heavy atom. The van der Waals surface area contributed by atoms with Gasteiger partial charge in [-0.1, -0.05) is 19.1 Å². The third kappa shape index (κ3) is 4.35. The average Bonchev–Trinajstić information content (AvgIpc) is 2.48. The van der Waals surface area contributed by atoms with Gasteiger partial charge in [-0.15, -0.1) is 0 Å². The maximum Gasteiger partial charge on any atom is 0.150 e. The maximum absolute atomic E-state index is 10.8. The van der Waals surface area contributed by atoms with Crippen molar-refractivity contribution in [2.45, 2.75) is 39.2 Å². The van der Waals surface area contributed by atoms with Gasteiger partial charge >= 0.3 is 0 Å². The normalized spacial score (nSPS) is 11.2. The molecule has 22 heavy (non-hydrogen) atoms. The zero-order valence-corrected chi connectivity index (χ0v) is 13.3. The van der Waals surface area contributed by atoms with Gasteiger partial charge in [0, 0.05) is 5.56 Å². The van der Waals surface area contributed by atoms with Crippen LogP contribution in [-0.4, -0.2) is 17.0 Å². The van der Waals surface area contributed by atoms with Gasteiger partial charge in [0.25, 0.3) is 0 Å². The Morgan fingerprint density at radius 3 is 2.36 bits per heavy atom. The Labute approximate surface area is 131 Å². The van der Waals surface area contributed by atoms with E-state index in [2.05, 4.69) is 20.8 Å². The fourth-order valence-corrected chi connectivity index (χ4v) is 2.17. The molecule has 0 heterocycles. The van der Waals surface area contributed by atoms with Crippen molar-refractivity contribution in [2.24, 2.45) is 0 Å². The summed E-state index contributed by atoms with van der Waals surface area (Å²) in [6, 6.07) is 12.8. The zero-order chi connectivity index (χ0) is 16.2. The van der Waals surface area contributed by atoms with Crippen molar-refractivity contribution < 1.29 is 14.6 Å². The van der Waals surface area contributed by atoms with Gasteiger partial charge in [0.1, 0.15) is 23.4 Å². The molecule has 2 aromatic carbocycles. The Bertz CT molecular complexity index is 642. The third-order valence-corrected chi connectivity index (χ3v) is 3.71. The van der Waals surface area contributed by atoms with Crippen LogP contribution in [0, 0.1) is 0 Å². The van der Waals surface area contributed by atoms with Crippen LogP contribution < -0.4 is 4.74 Å². The predicted octanol–water partition coefficient (Wildman–Crippen LogP) is 4.36. The first-order valence-corrected chi connectivity index (χ1v) is 7.48. The number of rotatable bonds is 6. The molecule has 1 N–H and O–H groups in total. The Balaban J connectivity index is 2.11. The lowest BCUT2D eigenvalue weighted by molar-refractivity contribution is 0.105. The van der Waals surface area contributed by atoms with Crippen LogP contribution in [0.2, 0.25) is 0 Å². The molecule has 0 amide bonds. The smallest absolute Gasteiger partial charge is 0.150 e. The molecule has 3 heteroatoms. The molecule has 2 rings (SSSR count). The predicted molar refractivity (Wildman–Crippen MR) is 87.7 cm³/mol. The quantitative estimate of drug-likeness (QED) is 0.806. The summed E-state index contributed by atoms with van der Waals surface area (Å²) in [5.41, 5.74) is 2.32. The monoisotopic (exact) mass is 298 g/mol. The van der Waals surface area contributed by atoms with Gasteiger partial charge in [0.2, 0.25) is 0 Å². The second kappa shape index (κ2) is 6.65. The molecule has 116 valence electrons. The van der Waals surface area contributed by atoms with Crippen LogP contribution in [-0.2, 0) is 6.42 Å². The van der Waals surface area contributed by atoms with E-state index in [-0.39, 0.29) is 11.4 Å². The van der Waals surface area contributed by atoms with E-state index in [1.165, 1.54) is 6.07 Å². The minimum absolute atomic E-state index is 0.115. The van der Waals surface area contributed by atoms with Crippen LogP contribution >= 0.6 is 0 Å². The number of hydrogen-bond acceptors (Lipinski definition) is 3. The lowest BCUT2D eigenvalue weighted by Crippen LogP contribution is -2.26. The number of aldehydes is 1. The molecule has 0 saturated heterocycles. The molecule has 0 spiro atoms. The molecule has 0 aliphatic carbocycles. The van der Waals surface area contributed by atoms with Crippen LogP contribution in [0.25, 0.3) is 0 Å². The molecule has 0 fully saturated rings. The van der Waals surface area contributed by atoms with E-state index in [9.17, 15) is 9.90 Å². The molecular weight excluding hydrogens is 276 g/mol. The zero-order valence-electron chi connectivity index (χ0n) is 13.3. The largest absolute Gasteiger partial charge is 0.508 e. The number of aromatic hydroxyl groups is 1. The summed E-state index contributed by atoms with van der Waals surface area (Å²) in [5, 5.41) is 9.62. The SMILES string of the molecule is CCC(C)(C)Oc1ccc(Cc2cc(O)cc(C=O)c2)cc1. The van der Waals surface area contributed by atoms with Gasteiger partial charge in [0.15, 0.2) is 0 Å². The van der Waals surface area contributed by atoms with Crippen molar-refractivity contribution in [3.05, 3.63) is 59.2 Å². The molecule has 0 saturated carbocycles. The fourth-order valence-electron chi connectivity index (χ4n) is 2.17. The van der Waals surface area contributed by atoms with Gasteiger partial charge in [-0.2, -0.15) is 0 Å². The van der Waals surface area contributed by atoms with E-state index < -0.39 is 0 Å². The maximum atomic E-state index is 10.8. The van der Waals surface area contributed by atoms with E-state index in [1.807, 2.05) is 24.3 Å². The van der Waals surface area contributed by atoms with Gasteiger partial charge in [0.05, 0.1) is 0 Å². The van der Waals surface area contributed by atoms with Gasteiger partial charge < -0.3 is 9.84 Å². The Kier molecular flexibility index (Phi) is 4.86. The minimum atomic E-state index is -0.175. The molecule has 2 aromatic rings. The Morgan fingerprint density at radius 1 is 1.09 bits per heavy atom. The Hall–Kier alpha value is -2.29. The average molecular weight is 298 g/mol. The molecule has 0 atom stereocenters. The molecule has 3 nitrogen and oxygen atoms in total. The first-order chi connectivity index (χ1) is 10.4. The summed E-state index contributed by atoms with van der Waals surface area (Å²) in [6.07, 6.45) is 2.34. The lowest BCUT2D eigenvalue weighted by atomic mass is 10.0. The molecule has 0 radical (unpaired) electrons. The minimum Gasteiger partial charge on any atom is -0.508 e. The van der Waals surface area contributed by atoms with Gasteiger partial charge in [-0.3, -0.25) is 4.79 Å². The van der Waals surface area contributed by atoms with Crippen molar-refractivity contribution in [3.8, 4) is 11.5 Å². The van der Waals surface area contributed by atoms with Crippen LogP contribution in [0.3, 0.4) is 0 Å². The van der Waals surface area contributed by atoms with E-state index >= 15 is 0 Å². The van der Waals surface area contributed by atoms with E-state index in [4.69, 9.17) is 4.74 Å². The van der Waals surface area contributed by atoms with E-state index in [0.717, 1.165) is 29.6 Å². The second-order valence-corrected chi connectivity index (χ2v) is 6.09. The summed E-state index contributed by atoms with van der Waals surface area (Å²) in [6.45, 7) is 6.23. The topological polar surface area (TPSA) is 46.5 Å². The van der Waals surface area contributed by atoms with Crippen molar-refractivity contribution in [1.82, 2.24) is 0 Å². The molecule has 0 unspecified atom stereocenters. The molecule has 0 aliphatic heterocycles. The highest BCUT2D eigenvalue weighted by atomic mass is 16.5. The van der Waals surface area contributed by atoms with Crippen LogP contribution in [0.5, 0.6) is 11.5 Å². The van der Waals surface area contributed by atoms with Crippen LogP contribution in [0.15, 0.2) is 42.5 Å². The number of benzene rings is 2. The van der Waals surface area contributed by atoms with E-state index in [0.29, 0.717) is 12.0 Å². The molecular formula is C19H22O3. The summed E-state index contributed by atoms with van der Waals surface area (Å²) in [7, 11) is 0.